The Balaban J connectivity index is 1.94. The van der Waals surface area contributed by atoms with Gasteiger partial charge < -0.3 is 10.4 Å². The number of benzene rings is 1. The third-order valence-corrected chi connectivity index (χ3v) is 5.32. The molecule has 19 heavy (non-hydrogen) atoms. The van der Waals surface area contributed by atoms with Gasteiger partial charge in [-0.3, -0.25) is 4.21 Å². The van der Waals surface area contributed by atoms with E-state index in [1.807, 2.05) is 19.1 Å². The molecule has 1 aromatic rings. The van der Waals surface area contributed by atoms with E-state index in [0.29, 0.717) is 11.8 Å². The van der Waals surface area contributed by atoms with E-state index >= 15 is 0 Å². The van der Waals surface area contributed by atoms with Gasteiger partial charge in [0.15, 0.2) is 0 Å². The van der Waals surface area contributed by atoms with Crippen molar-refractivity contribution in [1.82, 2.24) is 5.32 Å². The molecule has 0 aromatic heterocycles. The summed E-state index contributed by atoms with van der Waals surface area (Å²) in [4.78, 5) is 0. The molecule has 1 aliphatic carbocycles. The Hall–Kier alpha value is -0.870. The van der Waals surface area contributed by atoms with Crippen molar-refractivity contribution < 1.29 is 9.32 Å². The van der Waals surface area contributed by atoms with E-state index in [1.54, 1.807) is 12.3 Å². The molecule has 0 saturated heterocycles. The molecule has 4 heteroatoms. The van der Waals surface area contributed by atoms with Crippen molar-refractivity contribution in [3.05, 3.63) is 29.3 Å². The van der Waals surface area contributed by atoms with Gasteiger partial charge in [-0.1, -0.05) is 13.0 Å². The lowest BCUT2D eigenvalue weighted by Gasteiger charge is -2.27. The van der Waals surface area contributed by atoms with Crippen molar-refractivity contribution in [3.8, 4) is 5.75 Å². The normalized spacial score (nSPS) is 21.7. The summed E-state index contributed by atoms with van der Waals surface area (Å²) in [5, 5.41) is 13.3. The predicted octanol–water partition coefficient (Wildman–Crippen LogP) is 2.52. The highest BCUT2D eigenvalue weighted by Crippen LogP contribution is 2.31. The Morgan fingerprint density at radius 1 is 1.53 bits per heavy atom. The number of hydrogen-bond donors (Lipinski definition) is 2. The van der Waals surface area contributed by atoms with Crippen LogP contribution in [-0.2, 0) is 17.2 Å². The van der Waals surface area contributed by atoms with Gasteiger partial charge in [0.1, 0.15) is 5.75 Å². The summed E-state index contributed by atoms with van der Waals surface area (Å²) in [6, 6.07) is 6.06. The van der Waals surface area contributed by atoms with Gasteiger partial charge in [0.25, 0.3) is 0 Å². The molecule has 0 amide bonds. The average Bonchev–Trinajstić information content (AvgIpc) is 2.38. The third-order valence-electron chi connectivity index (χ3n) is 3.95. The van der Waals surface area contributed by atoms with Crippen LogP contribution in [0.15, 0.2) is 18.2 Å². The molecule has 0 radical (unpaired) electrons. The molecule has 0 saturated carbocycles. The fourth-order valence-electron chi connectivity index (χ4n) is 2.64. The third kappa shape index (κ3) is 3.80. The molecule has 0 heterocycles. The van der Waals surface area contributed by atoms with Gasteiger partial charge in [0.05, 0.1) is 0 Å². The molecule has 0 bridgehead atoms. The first-order chi connectivity index (χ1) is 9.08. The first kappa shape index (κ1) is 14.5. The molecule has 3 atom stereocenters. The molecule has 106 valence electrons. The summed E-state index contributed by atoms with van der Waals surface area (Å²) < 4.78 is 11.3. The topological polar surface area (TPSA) is 49.3 Å². The summed E-state index contributed by atoms with van der Waals surface area (Å²) in [6.07, 6.45) is 6.05. The van der Waals surface area contributed by atoms with Crippen LogP contribution in [0.1, 0.15) is 43.4 Å². The van der Waals surface area contributed by atoms with Crippen LogP contribution >= 0.6 is 0 Å². The Morgan fingerprint density at radius 3 is 3.05 bits per heavy atom. The number of fused-ring (bicyclic) bond motifs is 1. The van der Waals surface area contributed by atoms with Crippen molar-refractivity contribution >= 4 is 10.8 Å². The Bertz CT molecular complexity index is 461. The number of rotatable bonds is 5. The lowest BCUT2D eigenvalue weighted by atomic mass is 9.87. The summed E-state index contributed by atoms with van der Waals surface area (Å²) in [5.74, 6) is 0.356. The van der Waals surface area contributed by atoms with Crippen molar-refractivity contribution in [1.29, 1.82) is 0 Å². The van der Waals surface area contributed by atoms with Crippen molar-refractivity contribution in [2.24, 2.45) is 0 Å². The second-order valence-electron chi connectivity index (χ2n) is 5.38. The van der Waals surface area contributed by atoms with Gasteiger partial charge in [-0.2, -0.15) is 0 Å². The van der Waals surface area contributed by atoms with Crippen LogP contribution in [0.5, 0.6) is 5.75 Å². The molecule has 2 rings (SSSR count). The first-order valence-corrected chi connectivity index (χ1v) is 8.57. The molecule has 1 aliphatic rings. The van der Waals surface area contributed by atoms with Gasteiger partial charge in [0.2, 0.25) is 0 Å². The zero-order valence-corrected chi connectivity index (χ0v) is 12.5. The molecule has 3 unspecified atom stereocenters. The van der Waals surface area contributed by atoms with E-state index in [1.165, 1.54) is 11.1 Å². The van der Waals surface area contributed by atoms with E-state index in [0.717, 1.165) is 32.2 Å². The van der Waals surface area contributed by atoms with Crippen LogP contribution < -0.4 is 5.32 Å². The summed E-state index contributed by atoms with van der Waals surface area (Å²) in [7, 11) is -0.738. The van der Waals surface area contributed by atoms with Crippen LogP contribution in [-0.4, -0.2) is 27.4 Å². The zero-order chi connectivity index (χ0) is 13.8. The summed E-state index contributed by atoms with van der Waals surface area (Å²) in [5.41, 5.74) is 2.57. The minimum atomic E-state index is -0.738. The van der Waals surface area contributed by atoms with E-state index in [2.05, 4.69) is 5.32 Å². The maximum absolute atomic E-state index is 11.3. The van der Waals surface area contributed by atoms with Crippen LogP contribution in [0.3, 0.4) is 0 Å². The van der Waals surface area contributed by atoms with E-state index in [4.69, 9.17) is 0 Å². The molecule has 2 N–H and O–H groups in total. The highest BCUT2D eigenvalue weighted by molar-refractivity contribution is 7.84. The summed E-state index contributed by atoms with van der Waals surface area (Å²) in [6.45, 7) is 2.93. The number of aromatic hydroxyl groups is 1. The predicted molar refractivity (Wildman–Crippen MR) is 79.9 cm³/mol. The zero-order valence-electron chi connectivity index (χ0n) is 11.7. The molecule has 0 spiro atoms. The summed E-state index contributed by atoms with van der Waals surface area (Å²) >= 11 is 0. The smallest absolute Gasteiger partial charge is 0.115 e. The molecule has 0 aliphatic heterocycles. The molecular weight excluding hydrogens is 258 g/mol. The van der Waals surface area contributed by atoms with Gasteiger partial charge in [-0.05, 0) is 55.5 Å². The molecule has 1 aromatic carbocycles. The maximum atomic E-state index is 11.3. The second kappa shape index (κ2) is 6.53. The van der Waals surface area contributed by atoms with E-state index < -0.39 is 10.8 Å². The van der Waals surface area contributed by atoms with Crippen molar-refractivity contribution in [2.45, 2.75) is 43.9 Å². The van der Waals surface area contributed by atoms with Crippen LogP contribution in [0.4, 0.5) is 0 Å². The Labute approximate surface area is 117 Å². The second-order valence-corrected chi connectivity index (χ2v) is 7.18. The Morgan fingerprint density at radius 2 is 2.32 bits per heavy atom. The van der Waals surface area contributed by atoms with Crippen LogP contribution in [0, 0.1) is 0 Å². The largest absolute Gasteiger partial charge is 0.508 e. The number of hydrogen-bond acceptors (Lipinski definition) is 3. The first-order valence-electron chi connectivity index (χ1n) is 6.95. The van der Waals surface area contributed by atoms with Crippen LogP contribution in [0.25, 0.3) is 0 Å². The molecular formula is C15H23NO2S. The number of nitrogens with one attached hydrogen (secondary N) is 1. The average molecular weight is 281 g/mol. The maximum Gasteiger partial charge on any atom is 0.115 e. The van der Waals surface area contributed by atoms with E-state index in [-0.39, 0.29) is 5.25 Å². The molecule has 3 nitrogen and oxygen atoms in total. The number of phenols is 1. The highest BCUT2D eigenvalue weighted by atomic mass is 32.2. The molecule has 0 fully saturated rings. The van der Waals surface area contributed by atoms with Crippen molar-refractivity contribution in [2.75, 3.05) is 12.8 Å². The van der Waals surface area contributed by atoms with E-state index in [9.17, 15) is 9.32 Å². The highest BCUT2D eigenvalue weighted by Gasteiger charge is 2.20. The minimum Gasteiger partial charge on any atom is -0.508 e. The van der Waals surface area contributed by atoms with Gasteiger partial charge in [-0.25, -0.2) is 0 Å². The lowest BCUT2D eigenvalue weighted by Crippen LogP contribution is -2.28. The number of aryl methyl sites for hydroxylation is 1. The van der Waals surface area contributed by atoms with Crippen LogP contribution in [0.2, 0.25) is 0 Å². The van der Waals surface area contributed by atoms with Gasteiger partial charge in [0, 0.05) is 28.3 Å². The minimum absolute atomic E-state index is 0.246. The monoisotopic (exact) mass is 281 g/mol. The standard InChI is InChI=1S/C15H23NO2S/c1-11(19(2)18)8-9-16-15-5-3-4-12-10-13(17)6-7-14(12)15/h6-7,10-11,15-17H,3-5,8-9H2,1-2H3. The lowest BCUT2D eigenvalue weighted by molar-refractivity contribution is 0.447. The SMILES string of the molecule is CC(CCNC1CCCc2cc(O)ccc21)S(C)=O. The fraction of sp³-hybridized carbons (Fsp3) is 0.600. The fourth-order valence-corrected chi connectivity index (χ4v) is 3.09. The Kier molecular flexibility index (Phi) is 4.99. The quantitative estimate of drug-likeness (QED) is 0.872. The van der Waals surface area contributed by atoms with Crippen molar-refractivity contribution in [3.63, 3.8) is 0 Å². The van der Waals surface area contributed by atoms with Gasteiger partial charge >= 0.3 is 0 Å². The van der Waals surface area contributed by atoms with Gasteiger partial charge in [-0.15, -0.1) is 0 Å². The number of phenolic OH excluding ortho intramolecular Hbond substituents is 1.